The number of hydrogen-bond acceptors (Lipinski definition) is 3. The van der Waals surface area contributed by atoms with Crippen LogP contribution in [0.1, 0.15) is 17.5 Å². The highest BCUT2D eigenvalue weighted by Crippen LogP contribution is 2.24. The molecule has 94 valence electrons. The van der Waals surface area contributed by atoms with Crippen LogP contribution in [0.25, 0.3) is 0 Å². The third-order valence-corrected chi connectivity index (χ3v) is 3.54. The summed E-state index contributed by atoms with van der Waals surface area (Å²) in [5, 5.41) is 3.20. The van der Waals surface area contributed by atoms with Crippen molar-refractivity contribution in [3.63, 3.8) is 0 Å². The van der Waals surface area contributed by atoms with Crippen LogP contribution in [-0.4, -0.2) is 33.4 Å². The van der Waals surface area contributed by atoms with Gasteiger partial charge in [-0.1, -0.05) is 6.07 Å². The van der Waals surface area contributed by atoms with Crippen LogP contribution in [0.15, 0.2) is 18.2 Å². The standard InChI is InChI=1S/C14H22N2O/c1-11-8-13(5-4-12(11)9-15-2)16-7-6-14(10-16)17-3/h4-5,8,14-15H,6-7,9-10H2,1-3H3. The van der Waals surface area contributed by atoms with Gasteiger partial charge in [0.2, 0.25) is 0 Å². The number of anilines is 1. The third-order valence-electron chi connectivity index (χ3n) is 3.54. The lowest BCUT2D eigenvalue weighted by atomic mass is 10.1. The van der Waals surface area contributed by atoms with Gasteiger partial charge in [0, 0.05) is 32.4 Å². The van der Waals surface area contributed by atoms with Gasteiger partial charge in [-0.3, -0.25) is 0 Å². The molecule has 1 atom stereocenters. The van der Waals surface area contributed by atoms with Crippen molar-refractivity contribution >= 4 is 5.69 Å². The predicted octanol–water partition coefficient (Wildman–Crippen LogP) is 1.94. The zero-order valence-electron chi connectivity index (χ0n) is 11.0. The lowest BCUT2D eigenvalue weighted by Crippen LogP contribution is -2.22. The van der Waals surface area contributed by atoms with Crippen LogP contribution in [0.5, 0.6) is 0 Å². The second kappa shape index (κ2) is 5.52. The molecule has 1 aromatic rings. The molecule has 1 aliphatic heterocycles. The maximum Gasteiger partial charge on any atom is 0.0762 e. The monoisotopic (exact) mass is 234 g/mol. The van der Waals surface area contributed by atoms with Crippen LogP contribution in [0.2, 0.25) is 0 Å². The van der Waals surface area contributed by atoms with Crippen molar-refractivity contribution in [1.29, 1.82) is 0 Å². The van der Waals surface area contributed by atoms with Gasteiger partial charge in [0.15, 0.2) is 0 Å². The molecular weight excluding hydrogens is 212 g/mol. The minimum atomic E-state index is 0.396. The van der Waals surface area contributed by atoms with E-state index in [1.165, 1.54) is 16.8 Å². The first-order chi connectivity index (χ1) is 8.24. The molecule has 1 unspecified atom stereocenters. The maximum atomic E-state index is 5.40. The van der Waals surface area contributed by atoms with Gasteiger partial charge in [0.05, 0.1) is 6.10 Å². The number of ether oxygens (including phenoxy) is 1. The fourth-order valence-electron chi connectivity index (χ4n) is 2.42. The van der Waals surface area contributed by atoms with E-state index < -0.39 is 0 Å². The van der Waals surface area contributed by atoms with E-state index in [0.717, 1.165) is 26.1 Å². The Hall–Kier alpha value is -1.06. The Kier molecular flexibility index (Phi) is 4.02. The molecule has 0 radical (unpaired) electrons. The molecule has 1 heterocycles. The summed E-state index contributed by atoms with van der Waals surface area (Å²) in [5.74, 6) is 0. The van der Waals surface area contributed by atoms with Gasteiger partial charge in [-0.2, -0.15) is 0 Å². The Balaban J connectivity index is 2.09. The van der Waals surface area contributed by atoms with Gasteiger partial charge >= 0.3 is 0 Å². The Bertz CT molecular complexity index is 378. The number of benzene rings is 1. The first-order valence-corrected chi connectivity index (χ1v) is 6.26. The number of aryl methyl sites for hydroxylation is 1. The van der Waals surface area contributed by atoms with E-state index in [1.54, 1.807) is 7.11 Å². The lowest BCUT2D eigenvalue weighted by molar-refractivity contribution is 0.121. The number of nitrogens with zero attached hydrogens (tertiary/aromatic N) is 1. The highest BCUT2D eigenvalue weighted by molar-refractivity contribution is 5.51. The van der Waals surface area contributed by atoms with Crippen LogP contribution in [-0.2, 0) is 11.3 Å². The van der Waals surface area contributed by atoms with E-state index in [2.05, 4.69) is 35.3 Å². The zero-order chi connectivity index (χ0) is 12.3. The van der Waals surface area contributed by atoms with E-state index in [-0.39, 0.29) is 0 Å². The maximum absolute atomic E-state index is 5.40. The van der Waals surface area contributed by atoms with Crippen LogP contribution in [0.4, 0.5) is 5.69 Å². The first-order valence-electron chi connectivity index (χ1n) is 6.26. The molecule has 0 saturated carbocycles. The Morgan fingerprint density at radius 1 is 1.47 bits per heavy atom. The van der Waals surface area contributed by atoms with E-state index in [1.807, 2.05) is 7.05 Å². The number of hydrogen-bond donors (Lipinski definition) is 1. The molecule has 17 heavy (non-hydrogen) atoms. The van der Waals surface area contributed by atoms with Crippen molar-refractivity contribution in [2.24, 2.45) is 0 Å². The van der Waals surface area contributed by atoms with Crippen molar-refractivity contribution in [2.75, 3.05) is 32.1 Å². The molecule has 1 N–H and O–H groups in total. The number of methoxy groups -OCH3 is 1. The topological polar surface area (TPSA) is 24.5 Å². The summed E-state index contributed by atoms with van der Waals surface area (Å²) < 4.78 is 5.40. The average Bonchev–Trinajstić information content (AvgIpc) is 2.80. The third kappa shape index (κ3) is 2.79. The summed E-state index contributed by atoms with van der Waals surface area (Å²) in [6.07, 6.45) is 1.53. The smallest absolute Gasteiger partial charge is 0.0762 e. The lowest BCUT2D eigenvalue weighted by Gasteiger charge is -2.20. The van der Waals surface area contributed by atoms with E-state index in [0.29, 0.717) is 6.10 Å². The summed E-state index contributed by atoms with van der Waals surface area (Å²) in [6.45, 7) is 5.23. The van der Waals surface area contributed by atoms with E-state index in [9.17, 15) is 0 Å². The summed E-state index contributed by atoms with van der Waals surface area (Å²) in [5.41, 5.74) is 4.05. The molecule has 1 aromatic carbocycles. The second-order valence-corrected chi connectivity index (χ2v) is 4.73. The Morgan fingerprint density at radius 3 is 2.88 bits per heavy atom. The van der Waals surface area contributed by atoms with Gasteiger partial charge in [-0.05, 0) is 43.7 Å². The molecule has 0 amide bonds. The molecule has 3 heteroatoms. The molecule has 1 aliphatic rings. The molecule has 1 saturated heterocycles. The molecule has 0 bridgehead atoms. The van der Waals surface area contributed by atoms with Crippen molar-refractivity contribution in [3.05, 3.63) is 29.3 Å². The highest BCUT2D eigenvalue weighted by Gasteiger charge is 2.22. The number of rotatable bonds is 4. The molecule has 0 aromatic heterocycles. The van der Waals surface area contributed by atoms with Gasteiger partial charge in [-0.15, -0.1) is 0 Å². The fourth-order valence-corrected chi connectivity index (χ4v) is 2.42. The van der Waals surface area contributed by atoms with E-state index in [4.69, 9.17) is 4.74 Å². The van der Waals surface area contributed by atoms with Gasteiger partial charge in [0.25, 0.3) is 0 Å². The van der Waals surface area contributed by atoms with Crippen molar-refractivity contribution in [1.82, 2.24) is 5.32 Å². The highest BCUT2D eigenvalue weighted by atomic mass is 16.5. The van der Waals surface area contributed by atoms with Gasteiger partial charge in [0.1, 0.15) is 0 Å². The first kappa shape index (κ1) is 12.4. The SMILES string of the molecule is CNCc1ccc(N2CCC(OC)C2)cc1C. The molecule has 0 spiro atoms. The quantitative estimate of drug-likeness (QED) is 0.861. The molecule has 2 rings (SSSR count). The second-order valence-electron chi connectivity index (χ2n) is 4.73. The van der Waals surface area contributed by atoms with Gasteiger partial charge in [-0.25, -0.2) is 0 Å². The minimum absolute atomic E-state index is 0.396. The number of nitrogens with one attached hydrogen (secondary N) is 1. The van der Waals surface area contributed by atoms with Crippen LogP contribution in [0.3, 0.4) is 0 Å². The zero-order valence-corrected chi connectivity index (χ0v) is 11.0. The van der Waals surface area contributed by atoms with Crippen molar-refractivity contribution in [2.45, 2.75) is 26.0 Å². The summed E-state index contributed by atoms with van der Waals surface area (Å²) in [7, 11) is 3.78. The Labute approximate surface area is 104 Å². The molecular formula is C14H22N2O. The molecule has 0 aliphatic carbocycles. The summed E-state index contributed by atoms with van der Waals surface area (Å²) in [6, 6.07) is 6.73. The van der Waals surface area contributed by atoms with Crippen LogP contribution >= 0.6 is 0 Å². The molecule has 3 nitrogen and oxygen atoms in total. The van der Waals surface area contributed by atoms with Crippen LogP contribution < -0.4 is 10.2 Å². The largest absolute Gasteiger partial charge is 0.380 e. The average molecular weight is 234 g/mol. The fraction of sp³-hybridized carbons (Fsp3) is 0.571. The molecule has 1 fully saturated rings. The Morgan fingerprint density at radius 2 is 2.29 bits per heavy atom. The minimum Gasteiger partial charge on any atom is -0.380 e. The van der Waals surface area contributed by atoms with Crippen LogP contribution in [0, 0.1) is 6.92 Å². The van der Waals surface area contributed by atoms with E-state index >= 15 is 0 Å². The normalized spacial score (nSPS) is 19.9. The summed E-state index contributed by atoms with van der Waals surface area (Å²) in [4.78, 5) is 2.41. The predicted molar refractivity (Wildman–Crippen MR) is 71.6 cm³/mol. The van der Waals surface area contributed by atoms with Gasteiger partial charge < -0.3 is 15.0 Å². The summed E-state index contributed by atoms with van der Waals surface area (Å²) >= 11 is 0. The van der Waals surface area contributed by atoms with Crippen molar-refractivity contribution in [3.8, 4) is 0 Å². The van der Waals surface area contributed by atoms with Crippen molar-refractivity contribution < 1.29 is 4.74 Å².